The van der Waals surface area contributed by atoms with E-state index >= 15 is 0 Å². The fourth-order valence-electron chi connectivity index (χ4n) is 13.3. The number of unbranched alkanes of at least 4 members (excludes halogenated alkanes) is 52. The Balaban J connectivity index is 0.00000212. The molecule has 0 atom stereocenters. The molecular formula is C92H154CaO14S2. The van der Waals surface area contributed by atoms with Gasteiger partial charge < -0.3 is 28.1 Å². The quantitative estimate of drug-likeness (QED) is 0.0150. The molecule has 0 heterocycles. The van der Waals surface area contributed by atoms with E-state index in [9.17, 15) is 45.1 Å². The second-order valence-corrected chi connectivity index (χ2v) is 32.7. The van der Waals surface area contributed by atoms with Gasteiger partial charge in [0.2, 0.25) is 0 Å². The fraction of sp³-hybridized carbons (Fsp3) is 0.739. The van der Waals surface area contributed by atoms with Gasteiger partial charge in [-0.25, -0.2) is 36.0 Å². The molecule has 0 aromatic heterocycles. The Morgan fingerprint density at radius 3 is 0.606 bits per heavy atom. The van der Waals surface area contributed by atoms with Crippen LogP contribution in [-0.4, -0.2) is 114 Å². The summed E-state index contributed by atoms with van der Waals surface area (Å²) in [4.78, 5) is 50.4. The van der Waals surface area contributed by atoms with E-state index in [1.165, 1.54) is 294 Å². The maximum atomic E-state index is 13.0. The zero-order valence-corrected chi connectivity index (χ0v) is 73.4. The number of allylic oxidation sites excluding steroid dienone is 8. The Morgan fingerprint density at radius 2 is 0.422 bits per heavy atom. The van der Waals surface area contributed by atoms with Crippen LogP contribution in [0.5, 0.6) is 0 Å². The van der Waals surface area contributed by atoms with E-state index in [2.05, 4.69) is 76.3 Å². The maximum Gasteiger partial charge on any atom is 2.00 e. The van der Waals surface area contributed by atoms with Crippen LogP contribution < -0.4 is 0 Å². The molecule has 109 heavy (non-hydrogen) atoms. The number of esters is 4. The second kappa shape index (κ2) is 77.0. The Bertz CT molecular complexity index is 2670. The van der Waals surface area contributed by atoms with E-state index in [1.54, 1.807) is 0 Å². The Kier molecular flexibility index (Phi) is 74.4. The molecule has 2 aromatic carbocycles. The van der Waals surface area contributed by atoms with E-state index in [0.29, 0.717) is 25.7 Å². The molecule has 0 unspecified atom stereocenters. The number of hydrogen-bond acceptors (Lipinski definition) is 14. The molecule has 0 amide bonds. The van der Waals surface area contributed by atoms with Crippen LogP contribution in [-0.2, 0) is 39.2 Å². The summed E-state index contributed by atoms with van der Waals surface area (Å²) in [5.41, 5.74) is -1.57. The van der Waals surface area contributed by atoms with Crippen molar-refractivity contribution < 1.29 is 64.1 Å². The van der Waals surface area contributed by atoms with Gasteiger partial charge in [0.15, 0.2) is 0 Å². The average molecular weight is 1590 g/mol. The Hall–Kier alpha value is -3.64. The summed E-state index contributed by atoms with van der Waals surface area (Å²) in [6.07, 6.45) is 89.2. The van der Waals surface area contributed by atoms with Gasteiger partial charge in [0.05, 0.1) is 58.5 Å². The van der Waals surface area contributed by atoms with E-state index in [0.717, 1.165) is 102 Å². The van der Waals surface area contributed by atoms with Crippen LogP contribution in [0.4, 0.5) is 0 Å². The van der Waals surface area contributed by atoms with Crippen molar-refractivity contribution in [3.05, 3.63) is 107 Å². The first kappa shape index (κ1) is 105. The first-order valence-electron chi connectivity index (χ1n) is 44.1. The van der Waals surface area contributed by atoms with Crippen molar-refractivity contribution in [2.45, 2.75) is 423 Å². The molecule has 0 spiro atoms. The average Bonchev–Trinajstić information content (AvgIpc) is 0.798. The summed E-state index contributed by atoms with van der Waals surface area (Å²) in [5, 5.41) is 0. The summed E-state index contributed by atoms with van der Waals surface area (Å²) >= 11 is 0. The molecule has 0 aliphatic heterocycles. The summed E-state index contributed by atoms with van der Waals surface area (Å²) in [6, 6.07) is 7.24. The third kappa shape index (κ3) is 62.4. The van der Waals surface area contributed by atoms with Crippen LogP contribution in [0.2, 0.25) is 0 Å². The molecule has 14 nitrogen and oxygen atoms in total. The molecule has 0 aliphatic carbocycles. The Labute approximate surface area is 696 Å². The largest absolute Gasteiger partial charge is 2.00 e. The number of rotatable bonds is 74. The minimum absolute atomic E-state index is 0. The zero-order chi connectivity index (χ0) is 78.8. The van der Waals surface area contributed by atoms with Crippen LogP contribution >= 0.6 is 0 Å². The van der Waals surface area contributed by atoms with Gasteiger partial charge in [-0.05, 0) is 153 Å². The molecule has 0 saturated carbocycles. The number of carbonyl (C=O) groups is 4. The first-order valence-corrected chi connectivity index (χ1v) is 46.9. The van der Waals surface area contributed by atoms with Crippen LogP contribution in [0.15, 0.2) is 94.8 Å². The van der Waals surface area contributed by atoms with Crippen molar-refractivity contribution in [3.63, 3.8) is 0 Å². The van der Waals surface area contributed by atoms with Crippen LogP contribution in [0.3, 0.4) is 0 Å². The summed E-state index contributed by atoms with van der Waals surface area (Å²) < 4.78 is 93.4. The molecule has 0 bridgehead atoms. The van der Waals surface area contributed by atoms with Crippen molar-refractivity contribution in [2.24, 2.45) is 0 Å². The van der Waals surface area contributed by atoms with Crippen molar-refractivity contribution in [1.29, 1.82) is 0 Å². The first-order chi connectivity index (χ1) is 52.6. The molecule has 620 valence electrons. The smallest absolute Gasteiger partial charge is 0.744 e. The summed E-state index contributed by atoms with van der Waals surface area (Å²) in [5.74, 6) is -3.63. The topological polar surface area (TPSA) is 220 Å². The number of carbonyl (C=O) groups excluding carboxylic acids is 4. The van der Waals surface area contributed by atoms with Crippen molar-refractivity contribution in [1.82, 2.24) is 0 Å². The van der Waals surface area contributed by atoms with Crippen LogP contribution in [0, 0.1) is 0 Å². The number of hydrogen-bond donors (Lipinski definition) is 0. The predicted octanol–water partition coefficient (Wildman–Crippen LogP) is 27.1. The van der Waals surface area contributed by atoms with Gasteiger partial charge in [0, 0.05) is 0 Å². The van der Waals surface area contributed by atoms with Gasteiger partial charge in [-0.3, -0.25) is 0 Å². The molecule has 0 fully saturated rings. The van der Waals surface area contributed by atoms with E-state index in [-0.39, 0.29) is 75.3 Å². The second-order valence-electron chi connectivity index (χ2n) is 30.0. The van der Waals surface area contributed by atoms with E-state index in [1.807, 2.05) is 0 Å². The van der Waals surface area contributed by atoms with Gasteiger partial charge in [-0.2, -0.15) is 0 Å². The van der Waals surface area contributed by atoms with Gasteiger partial charge >= 0.3 is 61.6 Å². The minimum atomic E-state index is -5.02. The summed E-state index contributed by atoms with van der Waals surface area (Å²) in [7, 11) is -10.0. The molecular weight excluding hydrogens is 1430 g/mol. The van der Waals surface area contributed by atoms with Gasteiger partial charge in [-0.1, -0.05) is 345 Å². The van der Waals surface area contributed by atoms with Gasteiger partial charge in [-0.15, -0.1) is 0 Å². The molecule has 2 rings (SSSR count). The molecule has 0 radical (unpaired) electrons. The van der Waals surface area contributed by atoms with Crippen molar-refractivity contribution in [3.8, 4) is 0 Å². The maximum absolute atomic E-state index is 13.0. The third-order valence-electron chi connectivity index (χ3n) is 20.0. The van der Waals surface area contributed by atoms with Crippen molar-refractivity contribution >= 4 is 81.9 Å². The molecule has 2 aromatic rings. The fourth-order valence-corrected chi connectivity index (χ4v) is 14.7. The standard InChI is InChI=1S/2C46H78O7S.Ca/c2*1-3-5-7-9-11-13-15-17-19-21-23-25-27-29-31-33-35-40-52-45(47)42-38-37-39-43(54(49,50)51)44(42)46(48)53-41-36-34-32-30-28-26-24-22-20-18-16-14-12-10-8-6-4-2;/h2*15-18,37-39H,3-14,19-36,40-41H2,1-2H3,(H,49,50,51);/q;;+2/p-2/b2*17-15+,18-16+;. The Morgan fingerprint density at radius 1 is 0.257 bits per heavy atom. The minimum Gasteiger partial charge on any atom is -0.744 e. The molecule has 17 heteroatoms. The SMILES string of the molecule is CCCCCCC/C=C/CCCCCCCCCCOC(=O)c1cccc(S(=O)(=O)[O-])c1C(=O)OCCCCCCCCCC/C=C/CCCCCCC.CCCCCCC/C=C/CCCCCCCCCCOC(=O)c1cccc(S(=O)(=O)[O-])c1C(=O)OCCCCCCCCCC/C=C/CCCCCCC.[Ca+2]. The number of benzene rings is 2. The van der Waals surface area contributed by atoms with Crippen molar-refractivity contribution in [2.75, 3.05) is 26.4 Å². The van der Waals surface area contributed by atoms with E-state index in [4.69, 9.17) is 18.9 Å². The van der Waals surface area contributed by atoms with Crippen LogP contribution in [0.1, 0.15) is 454 Å². The zero-order valence-electron chi connectivity index (χ0n) is 69.6. The van der Waals surface area contributed by atoms with E-state index < -0.39 is 65.0 Å². The summed E-state index contributed by atoms with van der Waals surface area (Å²) in [6.45, 7) is 9.47. The van der Waals surface area contributed by atoms with Gasteiger partial charge in [0.25, 0.3) is 0 Å². The third-order valence-corrected chi connectivity index (χ3v) is 21.8. The number of ether oxygens (including phenoxy) is 4. The normalized spacial score (nSPS) is 11.8. The van der Waals surface area contributed by atoms with Crippen LogP contribution in [0.25, 0.3) is 0 Å². The molecule has 0 saturated heterocycles. The van der Waals surface area contributed by atoms with Gasteiger partial charge in [0.1, 0.15) is 20.2 Å². The monoisotopic (exact) mass is 1590 g/mol. The molecule has 0 N–H and O–H groups in total. The molecule has 0 aliphatic rings. The predicted molar refractivity (Wildman–Crippen MR) is 452 cm³/mol.